The Morgan fingerprint density at radius 3 is 2.46 bits per heavy atom. The van der Waals surface area contributed by atoms with E-state index in [4.69, 9.17) is 0 Å². The molecule has 0 radical (unpaired) electrons. The molecule has 1 aromatic carbocycles. The smallest absolute Gasteiger partial charge is 0.471 e. The summed E-state index contributed by atoms with van der Waals surface area (Å²) in [5, 5.41) is 1.83. The van der Waals surface area contributed by atoms with Gasteiger partial charge in [0.05, 0.1) is 10.1 Å². The van der Waals surface area contributed by atoms with Gasteiger partial charge in [0, 0.05) is 11.4 Å². The molecule has 0 bridgehead atoms. The lowest BCUT2D eigenvalue weighted by molar-refractivity contribution is -0.167. The van der Waals surface area contributed by atoms with Crippen molar-refractivity contribution in [1.82, 2.24) is 0 Å². The van der Waals surface area contributed by atoms with Gasteiger partial charge in [-0.25, -0.2) is 8.42 Å². The first-order valence-corrected chi connectivity index (χ1v) is 8.93. The summed E-state index contributed by atoms with van der Waals surface area (Å²) < 4.78 is 69.4. The Bertz CT molecular complexity index is 686. The fourth-order valence-electron chi connectivity index (χ4n) is 2.22. The fraction of sp³-hybridized carbons (Fsp3) is 0.533. The quantitative estimate of drug-likeness (QED) is 0.752. The molecule has 0 saturated heterocycles. The number of hydrogen-bond donors (Lipinski definition) is 1. The average molecular weight is 366 g/mol. The number of anilines is 1. The predicted molar refractivity (Wildman–Crippen MR) is 82.6 cm³/mol. The zero-order valence-electron chi connectivity index (χ0n) is 13.3. The minimum absolute atomic E-state index is 0.0340. The molecule has 0 spiro atoms. The zero-order chi connectivity index (χ0) is 18.5. The van der Waals surface area contributed by atoms with Crippen LogP contribution in [0, 0.1) is 5.92 Å². The minimum Gasteiger partial charge on any atom is -0.748 e. The highest BCUT2D eigenvalue weighted by atomic mass is 32.2. The van der Waals surface area contributed by atoms with Crippen LogP contribution in [0.2, 0.25) is 0 Å². The molecule has 0 saturated carbocycles. The van der Waals surface area contributed by atoms with Crippen LogP contribution in [-0.4, -0.2) is 30.8 Å². The third-order valence-corrected chi connectivity index (χ3v) is 4.46. The van der Waals surface area contributed by atoms with Crippen LogP contribution in [0.5, 0.6) is 0 Å². The SMILES string of the molecule is CCc1ccc(NC(=O)C(F)(F)F)c(CC[C@H](C)CS(=O)(=O)[O-])c1. The van der Waals surface area contributed by atoms with Crippen LogP contribution >= 0.6 is 0 Å². The summed E-state index contributed by atoms with van der Waals surface area (Å²) in [6.45, 7) is 3.45. The topological polar surface area (TPSA) is 86.3 Å². The van der Waals surface area contributed by atoms with Crippen molar-refractivity contribution in [3.8, 4) is 0 Å². The van der Waals surface area contributed by atoms with E-state index in [1.165, 1.54) is 6.07 Å². The fourth-order valence-corrected chi connectivity index (χ4v) is 3.09. The number of halogens is 3. The van der Waals surface area contributed by atoms with Gasteiger partial charge in [0.15, 0.2) is 0 Å². The largest absolute Gasteiger partial charge is 0.748 e. The number of nitrogens with one attached hydrogen (secondary N) is 1. The van der Waals surface area contributed by atoms with E-state index in [1.54, 1.807) is 19.1 Å². The van der Waals surface area contributed by atoms with Crippen LogP contribution in [-0.2, 0) is 27.8 Å². The molecule has 5 nitrogen and oxygen atoms in total. The third-order valence-electron chi connectivity index (χ3n) is 3.48. The summed E-state index contributed by atoms with van der Waals surface area (Å²) in [7, 11) is -4.36. The van der Waals surface area contributed by atoms with Crippen LogP contribution in [0.3, 0.4) is 0 Å². The van der Waals surface area contributed by atoms with E-state index in [0.29, 0.717) is 18.4 Å². The van der Waals surface area contributed by atoms with Crippen molar-refractivity contribution < 1.29 is 30.9 Å². The molecule has 136 valence electrons. The van der Waals surface area contributed by atoms with E-state index in [2.05, 4.69) is 0 Å². The van der Waals surface area contributed by atoms with Crippen LogP contribution < -0.4 is 5.32 Å². The Balaban J connectivity index is 2.92. The predicted octanol–water partition coefficient (Wildman–Crippen LogP) is 2.86. The average Bonchev–Trinajstić information content (AvgIpc) is 2.43. The number of hydrogen-bond acceptors (Lipinski definition) is 4. The second kappa shape index (κ2) is 7.98. The van der Waals surface area contributed by atoms with Crippen molar-refractivity contribution in [3.05, 3.63) is 29.3 Å². The zero-order valence-corrected chi connectivity index (χ0v) is 14.1. The third kappa shape index (κ3) is 6.88. The van der Waals surface area contributed by atoms with Crippen molar-refractivity contribution in [2.75, 3.05) is 11.1 Å². The van der Waals surface area contributed by atoms with Crippen molar-refractivity contribution in [2.24, 2.45) is 5.92 Å². The Kier molecular flexibility index (Phi) is 6.79. The first-order valence-electron chi connectivity index (χ1n) is 7.36. The van der Waals surface area contributed by atoms with Gasteiger partial charge in [-0.05, 0) is 42.4 Å². The number of amides is 1. The normalized spacial score (nSPS) is 13.6. The lowest BCUT2D eigenvalue weighted by atomic mass is 9.98. The second-order valence-corrected chi connectivity index (χ2v) is 7.11. The van der Waals surface area contributed by atoms with E-state index in [1.807, 2.05) is 12.2 Å². The lowest BCUT2D eigenvalue weighted by Gasteiger charge is -2.17. The van der Waals surface area contributed by atoms with Crippen LogP contribution in [0.25, 0.3) is 0 Å². The van der Waals surface area contributed by atoms with Gasteiger partial charge in [-0.2, -0.15) is 13.2 Å². The molecular weight excluding hydrogens is 347 g/mol. The molecule has 24 heavy (non-hydrogen) atoms. The molecule has 0 aromatic heterocycles. The van der Waals surface area contributed by atoms with Gasteiger partial charge >= 0.3 is 12.1 Å². The molecule has 1 N–H and O–H groups in total. The molecule has 0 aliphatic rings. The molecule has 0 aliphatic carbocycles. The molecule has 0 fully saturated rings. The summed E-state index contributed by atoms with van der Waals surface area (Å²) in [4.78, 5) is 11.1. The number of benzene rings is 1. The van der Waals surface area contributed by atoms with E-state index >= 15 is 0 Å². The van der Waals surface area contributed by atoms with Crippen LogP contribution in [0.4, 0.5) is 18.9 Å². The molecule has 0 aliphatic heterocycles. The Morgan fingerprint density at radius 2 is 1.96 bits per heavy atom. The van der Waals surface area contributed by atoms with Gasteiger partial charge in [-0.1, -0.05) is 26.0 Å². The van der Waals surface area contributed by atoms with Crippen molar-refractivity contribution in [3.63, 3.8) is 0 Å². The van der Waals surface area contributed by atoms with Crippen molar-refractivity contribution >= 4 is 21.7 Å². The Hall–Kier alpha value is -1.61. The number of aryl methyl sites for hydroxylation is 2. The molecule has 0 heterocycles. The summed E-state index contributed by atoms with van der Waals surface area (Å²) in [5.74, 6) is -3.04. The molecular formula is C15H19F3NO4S-. The van der Waals surface area contributed by atoms with Gasteiger partial charge in [0.1, 0.15) is 0 Å². The highest BCUT2D eigenvalue weighted by Crippen LogP contribution is 2.24. The first kappa shape index (κ1) is 20.4. The van der Waals surface area contributed by atoms with Gasteiger partial charge in [0.25, 0.3) is 0 Å². The summed E-state index contributed by atoms with van der Waals surface area (Å²) in [6, 6.07) is 4.68. The van der Waals surface area contributed by atoms with Gasteiger partial charge in [-0.3, -0.25) is 4.79 Å². The minimum atomic E-state index is -5.00. The highest BCUT2D eigenvalue weighted by molar-refractivity contribution is 7.85. The first-order chi connectivity index (χ1) is 10.9. The van der Waals surface area contributed by atoms with Crippen molar-refractivity contribution in [2.45, 2.75) is 39.3 Å². The van der Waals surface area contributed by atoms with Crippen molar-refractivity contribution in [1.29, 1.82) is 0 Å². The number of carbonyl (C=O) groups excluding carboxylic acids is 1. The van der Waals surface area contributed by atoms with Gasteiger partial charge < -0.3 is 9.87 Å². The second-order valence-electron chi connectivity index (χ2n) is 5.67. The van der Waals surface area contributed by atoms with E-state index in [9.17, 15) is 30.9 Å². The Morgan fingerprint density at radius 1 is 1.33 bits per heavy atom. The number of rotatable bonds is 7. The summed E-state index contributed by atoms with van der Waals surface area (Å²) >= 11 is 0. The number of carbonyl (C=O) groups is 1. The maximum absolute atomic E-state index is 12.4. The molecule has 1 amide bonds. The maximum atomic E-state index is 12.4. The number of alkyl halides is 3. The molecule has 0 unspecified atom stereocenters. The highest BCUT2D eigenvalue weighted by Gasteiger charge is 2.38. The Labute approximate surface area is 139 Å². The summed E-state index contributed by atoms with van der Waals surface area (Å²) in [5.41, 5.74) is 1.38. The molecule has 1 aromatic rings. The van der Waals surface area contributed by atoms with Crippen LogP contribution in [0.15, 0.2) is 18.2 Å². The molecule has 1 atom stereocenters. The van der Waals surface area contributed by atoms with E-state index in [0.717, 1.165) is 5.56 Å². The standard InChI is InChI=1S/C15H20F3NO4S/c1-3-11-5-7-13(19-14(20)15(16,17)18)12(8-11)6-4-10(2)9-24(21,22)23/h5,7-8,10H,3-4,6,9H2,1-2H3,(H,19,20)(H,21,22,23)/p-1/t10-/m0/s1. The monoisotopic (exact) mass is 366 g/mol. The van der Waals surface area contributed by atoms with Gasteiger partial charge in [-0.15, -0.1) is 0 Å². The van der Waals surface area contributed by atoms with Crippen LogP contribution in [0.1, 0.15) is 31.4 Å². The lowest BCUT2D eigenvalue weighted by Crippen LogP contribution is -2.30. The van der Waals surface area contributed by atoms with E-state index in [-0.39, 0.29) is 12.1 Å². The van der Waals surface area contributed by atoms with Gasteiger partial charge in [0.2, 0.25) is 0 Å². The maximum Gasteiger partial charge on any atom is 0.471 e. The molecule has 9 heteroatoms. The molecule has 1 rings (SSSR count). The van der Waals surface area contributed by atoms with E-state index < -0.39 is 33.9 Å². The summed E-state index contributed by atoms with van der Waals surface area (Å²) in [6.07, 6.45) is -3.79.